The van der Waals surface area contributed by atoms with E-state index in [0.717, 1.165) is 37.0 Å². The average Bonchev–Trinajstić information content (AvgIpc) is 2.72. The number of anilines is 1. The molecule has 4 fully saturated rings. The Balaban J connectivity index is 1.14. The summed E-state index contributed by atoms with van der Waals surface area (Å²) >= 11 is 0. The number of nitrogens with one attached hydrogen (secondary N) is 3. The maximum Gasteiger partial charge on any atom is 0.315 e. The summed E-state index contributed by atoms with van der Waals surface area (Å²) in [6, 6.07) is 4.05. The van der Waals surface area contributed by atoms with E-state index in [2.05, 4.69) is 16.0 Å². The second-order valence-electron chi connectivity index (χ2n) is 9.80. The molecule has 0 aliphatic heterocycles. The number of amides is 3. The zero-order valence-electron chi connectivity index (χ0n) is 18.7. The first kappa shape index (κ1) is 23.0. The third-order valence-electron chi connectivity index (χ3n) is 7.09. The van der Waals surface area contributed by atoms with Crippen molar-refractivity contribution in [2.75, 3.05) is 18.5 Å². The molecular formula is C23H30N4O6. The monoisotopic (exact) mass is 458 g/mol. The highest BCUT2D eigenvalue weighted by Gasteiger charge is 2.51. The molecule has 5 rings (SSSR count). The van der Waals surface area contributed by atoms with Gasteiger partial charge in [-0.2, -0.15) is 0 Å². The van der Waals surface area contributed by atoms with Crippen molar-refractivity contribution in [3.63, 3.8) is 0 Å². The Morgan fingerprint density at radius 1 is 1.12 bits per heavy atom. The van der Waals surface area contributed by atoms with E-state index >= 15 is 0 Å². The number of carbonyl (C=O) groups excluding carboxylic acids is 3. The Hall–Kier alpha value is -3.17. The zero-order chi connectivity index (χ0) is 23.6. The van der Waals surface area contributed by atoms with Crippen LogP contribution < -0.4 is 16.0 Å². The van der Waals surface area contributed by atoms with E-state index in [1.165, 1.54) is 37.5 Å². The van der Waals surface area contributed by atoms with Crippen LogP contribution in [-0.2, 0) is 14.3 Å². The van der Waals surface area contributed by atoms with Gasteiger partial charge in [-0.3, -0.25) is 19.7 Å². The summed E-state index contributed by atoms with van der Waals surface area (Å²) in [6.45, 7) is 1.20. The second-order valence-corrected chi connectivity index (χ2v) is 9.80. The molecular weight excluding hydrogens is 428 g/mol. The number of aryl methyl sites for hydroxylation is 1. The molecule has 4 bridgehead atoms. The molecule has 178 valence electrons. The van der Waals surface area contributed by atoms with Gasteiger partial charge in [-0.05, 0) is 69.3 Å². The van der Waals surface area contributed by atoms with Crippen LogP contribution in [0.4, 0.5) is 16.2 Å². The molecule has 4 aliphatic rings. The topological polar surface area (TPSA) is 140 Å². The van der Waals surface area contributed by atoms with Crippen molar-refractivity contribution in [1.82, 2.24) is 10.6 Å². The fraction of sp³-hybridized carbons (Fsp3) is 0.609. The molecule has 4 saturated carbocycles. The Bertz CT molecular complexity index is 927. The van der Waals surface area contributed by atoms with E-state index in [0.29, 0.717) is 5.56 Å². The number of ether oxygens (including phenoxy) is 1. The molecule has 4 aliphatic carbocycles. The minimum atomic E-state index is -0.616. The van der Waals surface area contributed by atoms with Crippen LogP contribution in [0.2, 0.25) is 0 Å². The molecule has 0 radical (unpaired) electrons. The molecule has 0 atom stereocenters. The highest BCUT2D eigenvalue weighted by atomic mass is 16.6. The van der Waals surface area contributed by atoms with Crippen LogP contribution in [-0.4, -0.2) is 41.5 Å². The lowest BCUT2D eigenvalue weighted by Gasteiger charge is -2.56. The van der Waals surface area contributed by atoms with Crippen LogP contribution in [0.3, 0.4) is 0 Å². The van der Waals surface area contributed by atoms with E-state index in [9.17, 15) is 24.5 Å². The van der Waals surface area contributed by atoms with Crippen molar-refractivity contribution in [1.29, 1.82) is 0 Å². The Morgan fingerprint density at radius 2 is 1.76 bits per heavy atom. The third-order valence-corrected chi connectivity index (χ3v) is 7.09. The minimum Gasteiger partial charge on any atom is -0.456 e. The molecule has 0 saturated heterocycles. The van der Waals surface area contributed by atoms with Crippen LogP contribution in [0, 0.1) is 34.8 Å². The van der Waals surface area contributed by atoms with Crippen LogP contribution >= 0.6 is 0 Å². The van der Waals surface area contributed by atoms with Gasteiger partial charge >= 0.3 is 12.0 Å². The van der Waals surface area contributed by atoms with Gasteiger partial charge in [0.15, 0.2) is 6.61 Å². The van der Waals surface area contributed by atoms with Gasteiger partial charge in [0, 0.05) is 29.4 Å². The summed E-state index contributed by atoms with van der Waals surface area (Å²) in [5.74, 6) is 0.959. The number of carbonyl (C=O) groups is 3. The first-order valence-corrected chi connectivity index (χ1v) is 11.5. The number of hydrogen-bond donors (Lipinski definition) is 3. The second kappa shape index (κ2) is 9.36. The SMILES string of the molecule is Cc1ccc(NC(=O)COC(=O)CCNC(=O)NC23CC4CC(CC(C4)C2)C3)cc1[N+](=O)[O-]. The largest absolute Gasteiger partial charge is 0.456 e. The number of nitrogens with zero attached hydrogens (tertiary/aromatic N) is 1. The summed E-state index contributed by atoms with van der Waals surface area (Å²) in [6.07, 6.45) is 6.97. The van der Waals surface area contributed by atoms with Crippen molar-refractivity contribution in [3.05, 3.63) is 33.9 Å². The van der Waals surface area contributed by atoms with Gasteiger partial charge in [-0.15, -0.1) is 0 Å². The Kier molecular flexibility index (Phi) is 6.53. The number of rotatable bonds is 8. The van der Waals surface area contributed by atoms with E-state index < -0.39 is 23.4 Å². The van der Waals surface area contributed by atoms with Gasteiger partial charge in [0.05, 0.1) is 11.3 Å². The smallest absolute Gasteiger partial charge is 0.315 e. The molecule has 3 amide bonds. The van der Waals surface area contributed by atoms with Gasteiger partial charge in [0.2, 0.25) is 0 Å². The summed E-state index contributed by atoms with van der Waals surface area (Å²) in [5, 5.41) is 19.4. The average molecular weight is 459 g/mol. The fourth-order valence-electron chi connectivity index (χ4n) is 6.13. The number of urea groups is 1. The maximum atomic E-state index is 12.4. The molecule has 33 heavy (non-hydrogen) atoms. The first-order chi connectivity index (χ1) is 15.7. The maximum absolute atomic E-state index is 12.4. The summed E-state index contributed by atoms with van der Waals surface area (Å²) in [5.41, 5.74) is 0.519. The number of benzene rings is 1. The predicted molar refractivity (Wildman–Crippen MR) is 119 cm³/mol. The number of hydrogen-bond acceptors (Lipinski definition) is 6. The number of nitro groups is 1. The fourth-order valence-corrected chi connectivity index (χ4v) is 6.13. The van der Waals surface area contributed by atoms with Crippen molar-refractivity contribution >= 4 is 29.3 Å². The first-order valence-electron chi connectivity index (χ1n) is 11.5. The summed E-state index contributed by atoms with van der Waals surface area (Å²) in [4.78, 5) is 46.7. The van der Waals surface area contributed by atoms with Crippen molar-refractivity contribution in [2.24, 2.45) is 17.8 Å². The van der Waals surface area contributed by atoms with Crippen molar-refractivity contribution in [2.45, 2.75) is 57.4 Å². The lowest BCUT2D eigenvalue weighted by Crippen LogP contribution is -2.61. The minimum absolute atomic E-state index is 0.0580. The summed E-state index contributed by atoms with van der Waals surface area (Å²) in [7, 11) is 0. The van der Waals surface area contributed by atoms with Crippen LogP contribution in [0.25, 0.3) is 0 Å². The molecule has 0 spiro atoms. The van der Waals surface area contributed by atoms with Crippen molar-refractivity contribution in [3.8, 4) is 0 Å². The van der Waals surface area contributed by atoms with Crippen LogP contribution in [0.15, 0.2) is 18.2 Å². The van der Waals surface area contributed by atoms with E-state index in [4.69, 9.17) is 4.74 Å². The lowest BCUT2D eigenvalue weighted by atomic mass is 9.53. The molecule has 0 unspecified atom stereocenters. The Morgan fingerprint density at radius 3 is 2.36 bits per heavy atom. The number of esters is 1. The molecule has 0 heterocycles. The van der Waals surface area contributed by atoms with E-state index in [1.54, 1.807) is 6.92 Å². The van der Waals surface area contributed by atoms with E-state index in [1.807, 2.05) is 0 Å². The molecule has 1 aromatic carbocycles. The highest BCUT2D eigenvalue weighted by molar-refractivity contribution is 5.93. The normalized spacial score (nSPS) is 27.0. The highest BCUT2D eigenvalue weighted by Crippen LogP contribution is 2.55. The third kappa shape index (κ3) is 5.61. The Labute approximate surface area is 192 Å². The molecule has 1 aromatic rings. The summed E-state index contributed by atoms with van der Waals surface area (Å²) < 4.78 is 4.94. The molecule has 10 heteroatoms. The molecule has 10 nitrogen and oxygen atoms in total. The van der Waals surface area contributed by atoms with Crippen LogP contribution in [0.5, 0.6) is 0 Å². The van der Waals surface area contributed by atoms with Gasteiger partial charge in [-0.1, -0.05) is 6.07 Å². The quantitative estimate of drug-likeness (QED) is 0.311. The standard InChI is InChI=1S/C23H30N4O6/c1-14-2-3-18(9-19(14)27(31)32)25-20(28)13-33-21(29)4-5-24-22(30)26-23-10-15-6-16(11-23)8-17(7-15)12-23/h2-3,9,15-17H,4-8,10-13H2,1H3,(H,25,28)(H2,24,26,30). The van der Waals surface area contributed by atoms with Gasteiger partial charge in [0.1, 0.15) is 0 Å². The van der Waals surface area contributed by atoms with Gasteiger partial charge in [0.25, 0.3) is 11.6 Å². The molecule has 3 N–H and O–H groups in total. The lowest BCUT2D eigenvalue weighted by molar-refractivity contribution is -0.385. The van der Waals surface area contributed by atoms with Gasteiger partial charge in [-0.25, -0.2) is 4.79 Å². The number of nitro benzene ring substituents is 1. The van der Waals surface area contributed by atoms with E-state index in [-0.39, 0.29) is 35.9 Å². The zero-order valence-corrected chi connectivity index (χ0v) is 18.7. The van der Waals surface area contributed by atoms with Crippen molar-refractivity contribution < 1.29 is 24.0 Å². The van der Waals surface area contributed by atoms with Crippen LogP contribution in [0.1, 0.15) is 50.5 Å². The molecule has 0 aromatic heterocycles. The van der Waals surface area contributed by atoms with Gasteiger partial charge < -0.3 is 20.7 Å². The predicted octanol–water partition coefficient (Wildman–Crippen LogP) is 3.04.